The number of carbonyl (C=O) groups excluding carboxylic acids is 3. The molecule has 0 spiro atoms. The second kappa shape index (κ2) is 9.20. The van der Waals surface area contributed by atoms with E-state index in [1.807, 2.05) is 30.3 Å². The average Bonchev–Trinajstić information content (AvgIpc) is 3.03. The highest BCUT2D eigenvalue weighted by Gasteiger charge is 2.40. The minimum atomic E-state index is -0.468. The Balaban J connectivity index is 1.69. The van der Waals surface area contributed by atoms with Crippen LogP contribution in [0.2, 0.25) is 0 Å². The van der Waals surface area contributed by atoms with Crippen LogP contribution in [0.15, 0.2) is 83.8 Å². The number of hydrogen-bond acceptors (Lipinski definition) is 4. The monoisotopic (exact) mass is 446 g/mol. The number of thioether (sulfide) groups is 1. The molecule has 3 aromatic carbocycles. The molecular formula is C25H19FN2O3S. The van der Waals surface area contributed by atoms with E-state index >= 15 is 0 Å². The molecule has 0 radical (unpaired) electrons. The second-order valence-corrected chi connectivity index (χ2v) is 8.14. The fourth-order valence-corrected chi connectivity index (χ4v) is 4.44. The van der Waals surface area contributed by atoms with E-state index in [1.165, 1.54) is 43.0 Å². The number of nitrogens with one attached hydrogen (secondary N) is 1. The highest BCUT2D eigenvalue weighted by Crippen LogP contribution is 2.39. The molecule has 1 aliphatic heterocycles. The number of halogens is 1. The number of amides is 3. The summed E-state index contributed by atoms with van der Waals surface area (Å²) in [7, 11) is 0. The van der Waals surface area contributed by atoms with Gasteiger partial charge in [0.1, 0.15) is 5.82 Å². The molecule has 0 unspecified atom stereocenters. The van der Waals surface area contributed by atoms with E-state index in [1.54, 1.807) is 24.3 Å². The van der Waals surface area contributed by atoms with Crippen molar-refractivity contribution >= 4 is 46.4 Å². The average molecular weight is 447 g/mol. The SMILES string of the molecule is CC(=O)Nc1ccc(N2C(=O)C(SCc3ccccc3)=C(c3ccc(F)cc3)C2=O)cc1. The van der Waals surface area contributed by atoms with Crippen LogP contribution in [0, 0.1) is 5.82 Å². The van der Waals surface area contributed by atoms with Crippen LogP contribution in [0.5, 0.6) is 0 Å². The summed E-state index contributed by atoms with van der Waals surface area (Å²) in [6.07, 6.45) is 0. The van der Waals surface area contributed by atoms with Gasteiger partial charge in [0.15, 0.2) is 0 Å². The van der Waals surface area contributed by atoms with Crippen LogP contribution in [0.1, 0.15) is 18.1 Å². The molecule has 7 heteroatoms. The number of rotatable bonds is 6. The van der Waals surface area contributed by atoms with E-state index in [-0.39, 0.29) is 11.5 Å². The summed E-state index contributed by atoms with van der Waals surface area (Å²) in [4.78, 5) is 39.4. The maximum absolute atomic E-state index is 13.5. The summed E-state index contributed by atoms with van der Waals surface area (Å²) < 4.78 is 13.5. The molecule has 3 aromatic rings. The highest BCUT2D eigenvalue weighted by atomic mass is 32.2. The zero-order valence-corrected chi connectivity index (χ0v) is 18.0. The number of benzene rings is 3. The van der Waals surface area contributed by atoms with Crippen molar-refractivity contribution in [1.29, 1.82) is 0 Å². The Kier molecular flexibility index (Phi) is 6.18. The van der Waals surface area contributed by atoms with Crippen LogP contribution in [0.3, 0.4) is 0 Å². The highest BCUT2D eigenvalue weighted by molar-refractivity contribution is 8.03. The minimum Gasteiger partial charge on any atom is -0.326 e. The van der Waals surface area contributed by atoms with Crippen LogP contribution < -0.4 is 10.2 Å². The molecule has 0 bridgehead atoms. The van der Waals surface area contributed by atoms with Gasteiger partial charge in [-0.3, -0.25) is 14.4 Å². The summed E-state index contributed by atoms with van der Waals surface area (Å²) in [5.74, 6) is -1.03. The van der Waals surface area contributed by atoms with E-state index in [4.69, 9.17) is 0 Å². The number of nitrogens with zero attached hydrogens (tertiary/aromatic N) is 1. The van der Waals surface area contributed by atoms with E-state index in [0.717, 1.165) is 10.5 Å². The van der Waals surface area contributed by atoms with Gasteiger partial charge in [-0.25, -0.2) is 9.29 Å². The van der Waals surface area contributed by atoms with Gasteiger partial charge in [0.2, 0.25) is 5.91 Å². The van der Waals surface area contributed by atoms with Gasteiger partial charge in [-0.05, 0) is 47.5 Å². The van der Waals surface area contributed by atoms with Crippen molar-refractivity contribution in [2.45, 2.75) is 12.7 Å². The summed E-state index contributed by atoms with van der Waals surface area (Å²) in [5, 5.41) is 2.65. The first kappa shape index (κ1) is 21.5. The lowest BCUT2D eigenvalue weighted by atomic mass is 10.1. The van der Waals surface area contributed by atoms with Crippen molar-refractivity contribution in [2.24, 2.45) is 0 Å². The Morgan fingerprint density at radius 2 is 1.56 bits per heavy atom. The first-order valence-electron chi connectivity index (χ1n) is 9.87. The molecule has 0 saturated carbocycles. The fourth-order valence-electron chi connectivity index (χ4n) is 3.38. The molecule has 3 amide bonds. The van der Waals surface area contributed by atoms with Crippen molar-refractivity contribution in [2.75, 3.05) is 10.2 Å². The molecule has 0 atom stereocenters. The zero-order valence-electron chi connectivity index (χ0n) is 17.2. The zero-order chi connectivity index (χ0) is 22.7. The quantitative estimate of drug-likeness (QED) is 0.541. The molecule has 1 heterocycles. The number of anilines is 2. The molecule has 1 aliphatic rings. The fraction of sp³-hybridized carbons (Fsp3) is 0.0800. The summed E-state index contributed by atoms with van der Waals surface area (Å²) in [6.45, 7) is 1.40. The lowest BCUT2D eigenvalue weighted by Crippen LogP contribution is -2.31. The summed E-state index contributed by atoms with van der Waals surface area (Å²) in [6, 6.07) is 21.6. The number of carbonyl (C=O) groups is 3. The Labute approximate surface area is 188 Å². The lowest BCUT2D eigenvalue weighted by molar-refractivity contribution is -0.120. The van der Waals surface area contributed by atoms with Gasteiger partial charge in [-0.15, -0.1) is 11.8 Å². The molecule has 5 nitrogen and oxygen atoms in total. The maximum atomic E-state index is 13.5. The van der Waals surface area contributed by atoms with Gasteiger partial charge in [-0.2, -0.15) is 0 Å². The van der Waals surface area contributed by atoms with Crippen molar-refractivity contribution in [3.8, 4) is 0 Å². The van der Waals surface area contributed by atoms with E-state index in [2.05, 4.69) is 5.32 Å². The Morgan fingerprint density at radius 1 is 0.906 bits per heavy atom. The normalized spacial score (nSPS) is 13.6. The molecule has 0 fully saturated rings. The molecule has 0 aromatic heterocycles. The van der Waals surface area contributed by atoms with Gasteiger partial charge >= 0.3 is 0 Å². The minimum absolute atomic E-state index is 0.217. The smallest absolute Gasteiger partial charge is 0.272 e. The van der Waals surface area contributed by atoms with E-state index < -0.39 is 17.6 Å². The lowest BCUT2D eigenvalue weighted by Gasteiger charge is -2.16. The second-order valence-electron chi connectivity index (χ2n) is 7.16. The molecular weight excluding hydrogens is 427 g/mol. The van der Waals surface area contributed by atoms with Gasteiger partial charge in [0.05, 0.1) is 16.2 Å². The molecule has 160 valence electrons. The Bertz CT molecular complexity index is 1210. The topological polar surface area (TPSA) is 66.5 Å². The largest absolute Gasteiger partial charge is 0.326 e. The molecule has 1 N–H and O–H groups in total. The maximum Gasteiger partial charge on any atom is 0.272 e. The Morgan fingerprint density at radius 3 is 2.19 bits per heavy atom. The first-order valence-corrected chi connectivity index (χ1v) is 10.9. The third kappa shape index (κ3) is 4.48. The van der Waals surface area contributed by atoms with E-state index in [9.17, 15) is 18.8 Å². The van der Waals surface area contributed by atoms with Crippen LogP contribution in [-0.4, -0.2) is 17.7 Å². The van der Waals surface area contributed by atoms with Crippen molar-refractivity contribution in [3.05, 3.63) is 101 Å². The van der Waals surface area contributed by atoms with Crippen LogP contribution in [-0.2, 0) is 20.1 Å². The van der Waals surface area contributed by atoms with Crippen molar-refractivity contribution in [3.63, 3.8) is 0 Å². The number of imide groups is 1. The predicted molar refractivity (Wildman–Crippen MR) is 124 cm³/mol. The standard InChI is InChI=1S/C25H19FN2O3S/c1-16(29)27-20-11-13-21(14-12-20)28-24(30)22(18-7-9-19(26)10-8-18)23(25(28)31)32-15-17-5-3-2-4-6-17/h2-14H,15H2,1H3,(H,27,29). The van der Waals surface area contributed by atoms with E-state index in [0.29, 0.717) is 27.6 Å². The van der Waals surface area contributed by atoms with Gasteiger partial charge < -0.3 is 5.32 Å². The summed E-state index contributed by atoms with van der Waals surface area (Å²) >= 11 is 1.28. The first-order chi connectivity index (χ1) is 15.4. The van der Waals surface area contributed by atoms with Crippen LogP contribution in [0.25, 0.3) is 5.57 Å². The van der Waals surface area contributed by atoms with Crippen LogP contribution in [0.4, 0.5) is 15.8 Å². The van der Waals surface area contributed by atoms with Gasteiger partial charge in [0.25, 0.3) is 11.8 Å². The van der Waals surface area contributed by atoms with Crippen molar-refractivity contribution in [1.82, 2.24) is 0 Å². The van der Waals surface area contributed by atoms with Gasteiger partial charge in [-0.1, -0.05) is 42.5 Å². The molecule has 0 saturated heterocycles. The van der Waals surface area contributed by atoms with Gasteiger partial charge in [0, 0.05) is 18.4 Å². The van der Waals surface area contributed by atoms with Crippen molar-refractivity contribution < 1.29 is 18.8 Å². The predicted octanol–water partition coefficient (Wildman–Crippen LogP) is 5.00. The summed E-state index contributed by atoms with van der Waals surface area (Å²) in [5.41, 5.74) is 2.70. The van der Waals surface area contributed by atoms with Crippen LogP contribution >= 0.6 is 11.8 Å². The molecule has 4 rings (SSSR count). The molecule has 0 aliphatic carbocycles. The Hall–Kier alpha value is -3.71. The third-order valence-electron chi connectivity index (χ3n) is 4.85. The third-order valence-corrected chi connectivity index (χ3v) is 5.99. The number of hydrogen-bond donors (Lipinski definition) is 1. The molecule has 32 heavy (non-hydrogen) atoms.